The highest BCUT2D eigenvalue weighted by atomic mass is 32.2. The second kappa shape index (κ2) is 9.78. The molecule has 3 heterocycles. The molecule has 0 bridgehead atoms. The summed E-state index contributed by atoms with van der Waals surface area (Å²) in [5.74, 6) is 0.513. The minimum Gasteiger partial charge on any atom is -0.378 e. The van der Waals surface area contributed by atoms with Crippen molar-refractivity contribution in [3.05, 3.63) is 60.1 Å². The average molecular weight is 511 g/mol. The van der Waals surface area contributed by atoms with Gasteiger partial charge in [0.15, 0.2) is 0 Å². The number of fused-ring (bicyclic) bond motifs is 1. The first-order chi connectivity index (χ1) is 16.9. The van der Waals surface area contributed by atoms with Gasteiger partial charge in [-0.15, -0.1) is 11.3 Å². The first-order valence-corrected chi connectivity index (χ1v) is 13.9. The Morgan fingerprint density at radius 3 is 2.49 bits per heavy atom. The van der Waals surface area contributed by atoms with Crippen molar-refractivity contribution >= 4 is 54.6 Å². The molecule has 0 radical (unpaired) electrons. The molecule has 35 heavy (non-hydrogen) atoms. The molecule has 9 nitrogen and oxygen atoms in total. The maximum atomic E-state index is 12.0. The number of rotatable bonds is 7. The van der Waals surface area contributed by atoms with Gasteiger partial charge in [-0.3, -0.25) is 4.31 Å². The number of nitrogens with zero attached hydrogens (tertiary/aromatic N) is 4. The summed E-state index contributed by atoms with van der Waals surface area (Å²) in [5, 5.41) is 5.33. The number of sulfonamides is 1. The maximum absolute atomic E-state index is 12.0. The van der Waals surface area contributed by atoms with Crippen molar-refractivity contribution in [2.45, 2.75) is 0 Å². The van der Waals surface area contributed by atoms with Crippen molar-refractivity contribution in [3.63, 3.8) is 0 Å². The lowest BCUT2D eigenvalue weighted by Gasteiger charge is -2.28. The van der Waals surface area contributed by atoms with Crippen molar-refractivity contribution in [1.82, 2.24) is 9.97 Å². The zero-order valence-electron chi connectivity index (χ0n) is 19.2. The predicted molar refractivity (Wildman–Crippen MR) is 142 cm³/mol. The van der Waals surface area contributed by atoms with Crippen molar-refractivity contribution in [2.24, 2.45) is 5.73 Å². The molecule has 0 spiro atoms. The highest BCUT2D eigenvalue weighted by Crippen LogP contribution is 2.34. The SMILES string of the molecule is CS(=O)(=O)N(CN)c1ccc(-c2csc3cnc(Nc4ccc(N5CCOCC5)cc4)nc23)cc1. The first-order valence-electron chi connectivity index (χ1n) is 11.1. The molecule has 5 rings (SSSR count). The molecule has 1 aliphatic heterocycles. The molecular formula is C24H26N6O3S2. The lowest BCUT2D eigenvalue weighted by atomic mass is 10.1. The van der Waals surface area contributed by atoms with E-state index in [0.717, 1.165) is 63.9 Å². The highest BCUT2D eigenvalue weighted by Gasteiger charge is 2.17. The van der Waals surface area contributed by atoms with Crippen molar-refractivity contribution in [3.8, 4) is 11.1 Å². The Morgan fingerprint density at radius 1 is 1.11 bits per heavy atom. The largest absolute Gasteiger partial charge is 0.378 e. The van der Waals surface area contributed by atoms with E-state index in [2.05, 4.69) is 27.3 Å². The summed E-state index contributed by atoms with van der Waals surface area (Å²) in [4.78, 5) is 11.5. The molecule has 11 heteroatoms. The van der Waals surface area contributed by atoms with Crippen LogP contribution in [0.1, 0.15) is 0 Å². The number of hydrogen-bond acceptors (Lipinski definition) is 9. The van der Waals surface area contributed by atoms with Gasteiger partial charge in [0.2, 0.25) is 16.0 Å². The van der Waals surface area contributed by atoms with Crippen molar-refractivity contribution < 1.29 is 13.2 Å². The van der Waals surface area contributed by atoms with Crippen LogP contribution >= 0.6 is 11.3 Å². The van der Waals surface area contributed by atoms with Gasteiger partial charge in [0.05, 0.1) is 48.2 Å². The second-order valence-corrected chi connectivity index (χ2v) is 11.0. The number of nitrogens with one attached hydrogen (secondary N) is 1. The average Bonchev–Trinajstić information content (AvgIpc) is 3.28. The molecule has 0 aliphatic carbocycles. The quantitative estimate of drug-likeness (QED) is 0.363. The van der Waals surface area contributed by atoms with Gasteiger partial charge in [0.25, 0.3) is 0 Å². The summed E-state index contributed by atoms with van der Waals surface area (Å²) < 4.78 is 31.5. The van der Waals surface area contributed by atoms with Gasteiger partial charge in [-0.1, -0.05) is 12.1 Å². The summed E-state index contributed by atoms with van der Waals surface area (Å²) in [6.45, 7) is 3.18. The molecule has 182 valence electrons. The van der Waals surface area contributed by atoms with E-state index in [0.29, 0.717) is 11.6 Å². The third-order valence-corrected chi connectivity index (χ3v) is 7.91. The fourth-order valence-electron chi connectivity index (χ4n) is 4.04. The van der Waals surface area contributed by atoms with E-state index in [4.69, 9.17) is 15.5 Å². The van der Waals surface area contributed by atoms with E-state index >= 15 is 0 Å². The van der Waals surface area contributed by atoms with Crippen LogP contribution in [0.25, 0.3) is 21.3 Å². The Balaban J connectivity index is 1.37. The smallest absolute Gasteiger partial charge is 0.233 e. The summed E-state index contributed by atoms with van der Waals surface area (Å²) >= 11 is 1.57. The third kappa shape index (κ3) is 5.08. The topological polar surface area (TPSA) is 114 Å². The Kier molecular flexibility index (Phi) is 6.56. The first kappa shape index (κ1) is 23.5. The number of aromatic nitrogens is 2. The van der Waals surface area contributed by atoms with E-state index in [1.807, 2.05) is 35.8 Å². The lowest BCUT2D eigenvalue weighted by Crippen LogP contribution is -2.36. The molecule has 0 amide bonds. The van der Waals surface area contributed by atoms with Crippen LogP contribution in [0.3, 0.4) is 0 Å². The summed E-state index contributed by atoms with van der Waals surface area (Å²) in [7, 11) is -3.44. The van der Waals surface area contributed by atoms with E-state index in [-0.39, 0.29) is 6.67 Å². The Labute approximate surface area is 208 Å². The summed E-state index contributed by atoms with van der Waals surface area (Å²) in [5.41, 5.74) is 11.0. The van der Waals surface area contributed by atoms with Crippen LogP contribution in [0.2, 0.25) is 0 Å². The number of ether oxygens (including phenoxy) is 1. The van der Waals surface area contributed by atoms with Crippen LogP contribution in [-0.2, 0) is 14.8 Å². The van der Waals surface area contributed by atoms with Crippen molar-refractivity contribution in [2.75, 3.05) is 53.7 Å². The molecule has 0 saturated carbocycles. The summed E-state index contributed by atoms with van der Waals surface area (Å²) in [6, 6.07) is 15.5. The van der Waals surface area contributed by atoms with E-state index in [9.17, 15) is 8.42 Å². The summed E-state index contributed by atoms with van der Waals surface area (Å²) in [6.07, 6.45) is 2.96. The number of benzene rings is 2. The molecule has 2 aromatic heterocycles. The second-order valence-electron chi connectivity index (χ2n) is 8.17. The van der Waals surface area contributed by atoms with E-state index in [1.165, 1.54) is 5.69 Å². The van der Waals surface area contributed by atoms with Gasteiger partial charge in [-0.05, 0) is 42.0 Å². The monoisotopic (exact) mass is 510 g/mol. The van der Waals surface area contributed by atoms with Gasteiger partial charge in [-0.2, -0.15) is 0 Å². The molecule has 1 saturated heterocycles. The van der Waals surface area contributed by atoms with Crippen molar-refractivity contribution in [1.29, 1.82) is 0 Å². The van der Waals surface area contributed by atoms with Gasteiger partial charge in [0, 0.05) is 35.4 Å². The molecule has 0 unspecified atom stereocenters. The number of nitrogens with two attached hydrogens (primary N) is 1. The van der Waals surface area contributed by atoms with E-state index < -0.39 is 10.0 Å². The molecule has 4 aromatic rings. The third-order valence-electron chi connectivity index (χ3n) is 5.85. The normalized spacial score (nSPS) is 14.3. The molecule has 0 atom stereocenters. The minimum atomic E-state index is -3.44. The molecular weight excluding hydrogens is 484 g/mol. The van der Waals surface area contributed by atoms with Crippen LogP contribution in [0, 0.1) is 0 Å². The number of thiophene rings is 1. The van der Waals surface area contributed by atoms with Gasteiger partial charge in [-0.25, -0.2) is 18.4 Å². The molecule has 3 N–H and O–H groups in total. The predicted octanol–water partition coefficient (Wildman–Crippen LogP) is 3.62. The van der Waals surface area contributed by atoms with Crippen LogP contribution in [0.15, 0.2) is 60.1 Å². The lowest BCUT2D eigenvalue weighted by molar-refractivity contribution is 0.122. The van der Waals surface area contributed by atoms with Crippen LogP contribution < -0.4 is 20.3 Å². The standard InChI is InChI=1S/C24H26N6O3S2/c1-35(31,32)30(16-25)20-6-2-17(3-7-20)21-15-34-22-14-26-24(28-23(21)22)27-18-4-8-19(9-5-18)29-10-12-33-13-11-29/h2-9,14-15H,10-13,16,25H2,1H3,(H,26,27,28). The van der Waals surface area contributed by atoms with Crippen LogP contribution in [-0.4, -0.2) is 57.6 Å². The Morgan fingerprint density at radius 2 is 1.83 bits per heavy atom. The molecule has 2 aromatic carbocycles. The van der Waals surface area contributed by atoms with Gasteiger partial charge < -0.3 is 20.7 Å². The fraction of sp³-hybridized carbons (Fsp3) is 0.250. The molecule has 1 aliphatic rings. The number of hydrogen-bond donors (Lipinski definition) is 2. The number of anilines is 4. The van der Waals surface area contributed by atoms with Gasteiger partial charge in [0.1, 0.15) is 0 Å². The van der Waals surface area contributed by atoms with Gasteiger partial charge >= 0.3 is 0 Å². The van der Waals surface area contributed by atoms with Crippen LogP contribution in [0.5, 0.6) is 0 Å². The van der Waals surface area contributed by atoms with Crippen LogP contribution in [0.4, 0.5) is 23.0 Å². The number of morpholine rings is 1. The fourth-order valence-corrected chi connectivity index (χ4v) is 5.69. The zero-order chi connectivity index (χ0) is 24.4. The zero-order valence-corrected chi connectivity index (χ0v) is 20.8. The Hall–Kier alpha value is -3.25. The molecule has 1 fully saturated rings. The highest BCUT2D eigenvalue weighted by molar-refractivity contribution is 7.92. The minimum absolute atomic E-state index is 0.116. The van der Waals surface area contributed by atoms with E-state index in [1.54, 1.807) is 23.5 Å². The Bertz CT molecular complexity index is 1420. The maximum Gasteiger partial charge on any atom is 0.233 e.